The van der Waals surface area contributed by atoms with Crippen molar-refractivity contribution >= 4 is 24.0 Å². The molecule has 0 saturated carbocycles. The van der Waals surface area contributed by atoms with Crippen LogP contribution in [0.3, 0.4) is 0 Å². The fourth-order valence-electron chi connectivity index (χ4n) is 1.07. The summed E-state index contributed by atoms with van der Waals surface area (Å²) in [5, 5.41) is 0. The second-order valence-electron chi connectivity index (χ2n) is 2.66. The molecule has 74 valence electrons. The number of fused-ring (bicyclic) bond motifs is 1. The second-order valence-corrected chi connectivity index (χ2v) is 3.54. The van der Waals surface area contributed by atoms with E-state index in [-0.39, 0.29) is 0 Å². The van der Waals surface area contributed by atoms with Crippen LogP contribution < -0.4 is 4.72 Å². The number of hydrogen-bond donors (Lipinski definition) is 1. The van der Waals surface area contributed by atoms with Gasteiger partial charge in [0.15, 0.2) is 0 Å². The lowest BCUT2D eigenvalue weighted by Crippen LogP contribution is -2.07. The van der Waals surface area contributed by atoms with Crippen molar-refractivity contribution < 1.29 is 13.2 Å². The molecule has 6 heteroatoms. The van der Waals surface area contributed by atoms with Gasteiger partial charge >= 0.3 is 6.18 Å². The van der Waals surface area contributed by atoms with E-state index >= 15 is 0 Å². The number of halogens is 3. The Morgan fingerprint density at radius 1 is 1.29 bits per heavy atom. The first-order valence-corrected chi connectivity index (χ1v) is 4.55. The van der Waals surface area contributed by atoms with Crippen LogP contribution >= 0.6 is 11.9 Å². The third kappa shape index (κ3) is 1.70. The molecule has 0 spiro atoms. The predicted molar refractivity (Wildman–Crippen MR) is 48.6 cm³/mol. The van der Waals surface area contributed by atoms with Crippen molar-refractivity contribution in [2.75, 3.05) is 0 Å². The SMILES string of the molecule is FC(F)(F)c1ccc2c(c1)N=CNS2. The number of alkyl halides is 3. The quantitative estimate of drug-likeness (QED) is 0.677. The van der Waals surface area contributed by atoms with E-state index in [2.05, 4.69) is 9.71 Å². The van der Waals surface area contributed by atoms with Crippen LogP contribution in [0, 0.1) is 0 Å². The summed E-state index contributed by atoms with van der Waals surface area (Å²) >= 11 is 1.24. The van der Waals surface area contributed by atoms with E-state index in [1.807, 2.05) is 0 Å². The lowest BCUT2D eigenvalue weighted by atomic mass is 10.2. The van der Waals surface area contributed by atoms with Gasteiger partial charge in [0, 0.05) is 0 Å². The zero-order valence-corrected chi connectivity index (χ0v) is 7.62. The van der Waals surface area contributed by atoms with Crippen LogP contribution in [0.2, 0.25) is 0 Å². The van der Waals surface area contributed by atoms with Gasteiger partial charge in [-0.1, -0.05) is 0 Å². The lowest BCUT2D eigenvalue weighted by molar-refractivity contribution is -0.137. The maximum Gasteiger partial charge on any atom is 0.416 e. The second kappa shape index (κ2) is 3.20. The van der Waals surface area contributed by atoms with E-state index < -0.39 is 11.7 Å². The van der Waals surface area contributed by atoms with Gasteiger partial charge < -0.3 is 4.72 Å². The molecular weight excluding hydrogens is 213 g/mol. The summed E-state index contributed by atoms with van der Waals surface area (Å²) in [6.07, 6.45) is -2.94. The molecule has 0 aromatic heterocycles. The van der Waals surface area contributed by atoms with E-state index in [0.29, 0.717) is 10.6 Å². The summed E-state index contributed by atoms with van der Waals surface area (Å²) in [4.78, 5) is 4.51. The molecule has 1 aromatic carbocycles. The Labute approximate surface area is 82.4 Å². The summed E-state index contributed by atoms with van der Waals surface area (Å²) in [5.41, 5.74) is -0.320. The van der Waals surface area contributed by atoms with Crippen molar-refractivity contribution in [3.05, 3.63) is 23.8 Å². The number of nitrogens with zero attached hydrogens (tertiary/aromatic N) is 1. The van der Waals surface area contributed by atoms with Gasteiger partial charge in [0.25, 0.3) is 0 Å². The molecule has 1 aliphatic heterocycles. The molecule has 0 radical (unpaired) electrons. The van der Waals surface area contributed by atoms with E-state index in [9.17, 15) is 13.2 Å². The van der Waals surface area contributed by atoms with Gasteiger partial charge in [-0.2, -0.15) is 13.2 Å². The van der Waals surface area contributed by atoms with Crippen molar-refractivity contribution in [1.82, 2.24) is 4.72 Å². The van der Waals surface area contributed by atoms with Crippen LogP contribution in [0.5, 0.6) is 0 Å². The van der Waals surface area contributed by atoms with Crippen LogP contribution in [0.15, 0.2) is 28.1 Å². The highest BCUT2D eigenvalue weighted by Crippen LogP contribution is 2.36. The highest BCUT2D eigenvalue weighted by molar-refractivity contribution is 7.98. The number of hydrogen-bond acceptors (Lipinski definition) is 3. The monoisotopic (exact) mass is 218 g/mol. The van der Waals surface area contributed by atoms with Crippen molar-refractivity contribution in [1.29, 1.82) is 0 Å². The van der Waals surface area contributed by atoms with E-state index in [0.717, 1.165) is 12.1 Å². The minimum absolute atomic E-state index is 0.351. The highest BCUT2D eigenvalue weighted by atomic mass is 32.2. The summed E-state index contributed by atoms with van der Waals surface area (Å²) in [5.74, 6) is 0. The minimum Gasteiger partial charge on any atom is -0.316 e. The molecule has 0 bridgehead atoms. The zero-order chi connectivity index (χ0) is 10.2. The predicted octanol–water partition coefficient (Wildman–Crippen LogP) is 2.98. The summed E-state index contributed by atoms with van der Waals surface area (Å²) in [6.45, 7) is 0. The van der Waals surface area contributed by atoms with Crippen LogP contribution in [0.4, 0.5) is 18.9 Å². The Morgan fingerprint density at radius 2 is 2.07 bits per heavy atom. The number of aliphatic imine (C=N–C) groups is 1. The third-order valence-electron chi connectivity index (χ3n) is 1.71. The van der Waals surface area contributed by atoms with Crippen LogP contribution in [0.1, 0.15) is 5.56 Å². The van der Waals surface area contributed by atoms with Gasteiger partial charge in [0.05, 0.1) is 22.5 Å². The average molecular weight is 218 g/mol. The van der Waals surface area contributed by atoms with Gasteiger partial charge in [0.1, 0.15) is 0 Å². The largest absolute Gasteiger partial charge is 0.416 e. The molecule has 0 amide bonds. The molecule has 0 fully saturated rings. The molecule has 1 aliphatic rings. The van der Waals surface area contributed by atoms with E-state index in [4.69, 9.17) is 0 Å². The topological polar surface area (TPSA) is 24.4 Å². The normalized spacial score (nSPS) is 14.8. The van der Waals surface area contributed by atoms with Crippen molar-refractivity contribution in [3.8, 4) is 0 Å². The van der Waals surface area contributed by atoms with Gasteiger partial charge in [-0.25, -0.2) is 4.99 Å². The van der Waals surface area contributed by atoms with E-state index in [1.54, 1.807) is 0 Å². The highest BCUT2D eigenvalue weighted by Gasteiger charge is 2.31. The summed E-state index contributed by atoms with van der Waals surface area (Å²) < 4.78 is 39.6. The zero-order valence-electron chi connectivity index (χ0n) is 6.80. The van der Waals surface area contributed by atoms with Gasteiger partial charge in [0.2, 0.25) is 0 Å². The summed E-state index contributed by atoms with van der Waals surface area (Å²) in [6, 6.07) is 3.50. The first kappa shape index (κ1) is 9.39. The maximum absolute atomic E-state index is 12.3. The Bertz CT molecular complexity index is 387. The van der Waals surface area contributed by atoms with Crippen molar-refractivity contribution in [2.45, 2.75) is 11.1 Å². The standard InChI is InChI=1S/C8H5F3N2S/c9-8(10,11)5-1-2-7-6(3-5)12-4-13-14-7/h1-4H,(H,12,13). The molecule has 14 heavy (non-hydrogen) atoms. The number of benzene rings is 1. The van der Waals surface area contributed by atoms with Gasteiger partial charge in [-0.15, -0.1) is 0 Å². The summed E-state index contributed by atoms with van der Waals surface area (Å²) in [7, 11) is 0. The molecule has 2 nitrogen and oxygen atoms in total. The fourth-order valence-corrected chi connectivity index (χ4v) is 1.65. The van der Waals surface area contributed by atoms with Crippen molar-refractivity contribution in [3.63, 3.8) is 0 Å². The number of rotatable bonds is 0. The Kier molecular flexibility index (Phi) is 2.14. The van der Waals surface area contributed by atoms with Crippen LogP contribution in [-0.2, 0) is 6.18 Å². The molecule has 0 saturated heterocycles. The van der Waals surface area contributed by atoms with E-state index in [1.165, 1.54) is 24.4 Å². The Morgan fingerprint density at radius 3 is 2.79 bits per heavy atom. The molecule has 0 atom stereocenters. The van der Waals surface area contributed by atoms with Gasteiger partial charge in [-0.3, -0.25) is 0 Å². The lowest BCUT2D eigenvalue weighted by Gasteiger charge is -2.12. The first-order chi connectivity index (χ1) is 6.57. The smallest absolute Gasteiger partial charge is 0.316 e. The molecule has 0 aliphatic carbocycles. The Hall–Kier alpha value is -1.17. The third-order valence-corrected chi connectivity index (χ3v) is 2.50. The van der Waals surface area contributed by atoms with Crippen molar-refractivity contribution in [2.24, 2.45) is 4.99 Å². The molecule has 1 N–H and O–H groups in total. The number of nitrogens with one attached hydrogen (secondary N) is 1. The van der Waals surface area contributed by atoms with Crippen LogP contribution in [0.25, 0.3) is 0 Å². The van der Waals surface area contributed by atoms with Gasteiger partial charge in [-0.05, 0) is 30.1 Å². The minimum atomic E-state index is -4.31. The molecule has 0 unspecified atom stereocenters. The fraction of sp³-hybridized carbons (Fsp3) is 0.125. The molecule has 2 rings (SSSR count). The average Bonchev–Trinajstić information content (AvgIpc) is 2.16. The molecule has 1 aromatic rings. The maximum atomic E-state index is 12.3. The molecular formula is C8H5F3N2S. The molecule has 1 heterocycles. The van der Waals surface area contributed by atoms with Crippen LogP contribution in [-0.4, -0.2) is 6.34 Å². The Balaban J connectivity index is 2.45. The first-order valence-electron chi connectivity index (χ1n) is 3.73.